The zero-order chi connectivity index (χ0) is 13.7. The normalized spacial score (nSPS) is 10.3. The first-order valence-corrected chi connectivity index (χ1v) is 5.76. The molecule has 0 aliphatic carbocycles. The fourth-order valence-electron chi connectivity index (χ4n) is 1.62. The zero-order valence-corrected chi connectivity index (χ0v) is 10.9. The van der Waals surface area contributed by atoms with Crippen molar-refractivity contribution in [3.63, 3.8) is 0 Å². The first-order valence-electron chi connectivity index (χ1n) is 5.76. The number of nitrogens with zero attached hydrogens (tertiary/aromatic N) is 1. The number of ether oxygens (including phenoxy) is 1. The van der Waals surface area contributed by atoms with Crippen LogP contribution in [0.1, 0.15) is 24.2 Å². The monoisotopic (exact) mass is 251 g/mol. The van der Waals surface area contributed by atoms with E-state index in [0.29, 0.717) is 12.3 Å². The predicted molar refractivity (Wildman–Crippen MR) is 69.3 cm³/mol. The summed E-state index contributed by atoms with van der Waals surface area (Å²) < 4.78 is 18.7. The summed E-state index contributed by atoms with van der Waals surface area (Å²) in [6.45, 7) is 7.75. The molecule has 0 atom stereocenters. The van der Waals surface area contributed by atoms with Crippen LogP contribution in [0.3, 0.4) is 0 Å². The second-order valence-corrected chi connectivity index (χ2v) is 4.19. The van der Waals surface area contributed by atoms with Gasteiger partial charge < -0.3 is 9.64 Å². The minimum Gasteiger partial charge on any atom is -0.497 e. The van der Waals surface area contributed by atoms with Gasteiger partial charge in [-0.3, -0.25) is 4.79 Å². The average molecular weight is 251 g/mol. The third-order valence-electron chi connectivity index (χ3n) is 2.62. The highest BCUT2D eigenvalue weighted by Crippen LogP contribution is 2.18. The van der Waals surface area contributed by atoms with E-state index in [1.165, 1.54) is 19.2 Å². The minimum absolute atomic E-state index is 0.0167. The predicted octanol–water partition coefficient (Wildman–Crippen LogP) is 2.87. The van der Waals surface area contributed by atoms with Crippen molar-refractivity contribution in [2.24, 2.45) is 0 Å². The first kappa shape index (κ1) is 14.2. The number of hydrogen-bond acceptors (Lipinski definition) is 2. The van der Waals surface area contributed by atoms with Crippen LogP contribution in [0.25, 0.3) is 0 Å². The molecule has 0 N–H and O–H groups in total. The molecule has 0 bridgehead atoms. The summed E-state index contributed by atoms with van der Waals surface area (Å²) in [6.07, 6.45) is 1.62. The van der Waals surface area contributed by atoms with Crippen LogP contribution >= 0.6 is 0 Å². The fourth-order valence-corrected chi connectivity index (χ4v) is 1.62. The molecular weight excluding hydrogens is 233 g/mol. The Hall–Kier alpha value is -1.84. The van der Waals surface area contributed by atoms with Crippen molar-refractivity contribution in [2.45, 2.75) is 19.9 Å². The van der Waals surface area contributed by atoms with Gasteiger partial charge in [-0.05, 0) is 26.0 Å². The molecule has 0 heterocycles. The Morgan fingerprint density at radius 1 is 1.56 bits per heavy atom. The van der Waals surface area contributed by atoms with E-state index in [4.69, 9.17) is 4.74 Å². The summed E-state index contributed by atoms with van der Waals surface area (Å²) in [6, 6.07) is 4.20. The Bertz CT molecular complexity index is 443. The summed E-state index contributed by atoms with van der Waals surface area (Å²) in [4.78, 5) is 13.7. The van der Waals surface area contributed by atoms with E-state index in [2.05, 4.69) is 6.58 Å². The Labute approximate surface area is 107 Å². The zero-order valence-electron chi connectivity index (χ0n) is 10.9. The molecule has 1 amide bonds. The standard InChI is InChI=1S/C14H18FNO2/c1-5-8-16(10(2)3)14(17)12-7-6-11(18-4)9-13(12)15/h5-7,9-10H,1,8H2,2-4H3. The van der Waals surface area contributed by atoms with Gasteiger partial charge in [0.2, 0.25) is 0 Å². The van der Waals surface area contributed by atoms with Crippen LogP contribution in [-0.2, 0) is 0 Å². The van der Waals surface area contributed by atoms with Gasteiger partial charge in [-0.15, -0.1) is 6.58 Å². The topological polar surface area (TPSA) is 29.5 Å². The van der Waals surface area contributed by atoms with Gasteiger partial charge in [-0.1, -0.05) is 6.08 Å². The molecule has 1 rings (SSSR count). The molecule has 0 saturated carbocycles. The number of rotatable bonds is 5. The molecule has 0 aliphatic rings. The van der Waals surface area contributed by atoms with Crippen molar-refractivity contribution in [1.82, 2.24) is 4.90 Å². The maximum Gasteiger partial charge on any atom is 0.257 e. The number of carbonyl (C=O) groups is 1. The van der Waals surface area contributed by atoms with E-state index in [1.807, 2.05) is 13.8 Å². The molecule has 0 aromatic heterocycles. The lowest BCUT2D eigenvalue weighted by Crippen LogP contribution is -2.37. The van der Waals surface area contributed by atoms with Crippen LogP contribution in [0.15, 0.2) is 30.9 Å². The summed E-state index contributed by atoms with van der Waals surface area (Å²) in [5, 5.41) is 0. The Balaban J connectivity index is 3.05. The highest BCUT2D eigenvalue weighted by molar-refractivity contribution is 5.94. The average Bonchev–Trinajstić information content (AvgIpc) is 2.34. The lowest BCUT2D eigenvalue weighted by atomic mass is 10.1. The van der Waals surface area contributed by atoms with E-state index < -0.39 is 5.82 Å². The Kier molecular flexibility index (Phi) is 4.89. The van der Waals surface area contributed by atoms with E-state index in [-0.39, 0.29) is 17.5 Å². The van der Waals surface area contributed by atoms with Crippen LogP contribution in [0, 0.1) is 5.82 Å². The number of amides is 1. The van der Waals surface area contributed by atoms with E-state index in [0.717, 1.165) is 0 Å². The van der Waals surface area contributed by atoms with Crippen LogP contribution < -0.4 is 4.74 Å². The highest BCUT2D eigenvalue weighted by atomic mass is 19.1. The van der Waals surface area contributed by atoms with E-state index in [9.17, 15) is 9.18 Å². The van der Waals surface area contributed by atoms with E-state index >= 15 is 0 Å². The van der Waals surface area contributed by atoms with Crippen LogP contribution in [0.2, 0.25) is 0 Å². The van der Waals surface area contributed by atoms with Crippen molar-refractivity contribution >= 4 is 5.91 Å². The van der Waals surface area contributed by atoms with Crippen LogP contribution in [0.5, 0.6) is 5.75 Å². The number of carbonyl (C=O) groups excluding carboxylic acids is 1. The van der Waals surface area contributed by atoms with Crippen molar-refractivity contribution in [3.05, 3.63) is 42.2 Å². The van der Waals surface area contributed by atoms with Gasteiger partial charge in [0, 0.05) is 18.7 Å². The molecular formula is C14H18FNO2. The second kappa shape index (κ2) is 6.19. The Morgan fingerprint density at radius 3 is 2.67 bits per heavy atom. The highest BCUT2D eigenvalue weighted by Gasteiger charge is 2.20. The molecule has 0 radical (unpaired) electrons. The van der Waals surface area contributed by atoms with Crippen LogP contribution in [-0.4, -0.2) is 30.5 Å². The van der Waals surface area contributed by atoms with Gasteiger partial charge in [0.15, 0.2) is 0 Å². The number of benzene rings is 1. The molecule has 0 aliphatic heterocycles. The number of halogens is 1. The lowest BCUT2D eigenvalue weighted by Gasteiger charge is -2.25. The molecule has 18 heavy (non-hydrogen) atoms. The van der Waals surface area contributed by atoms with Gasteiger partial charge in [-0.25, -0.2) is 4.39 Å². The molecule has 4 heteroatoms. The largest absolute Gasteiger partial charge is 0.497 e. The van der Waals surface area contributed by atoms with Crippen molar-refractivity contribution in [3.8, 4) is 5.75 Å². The summed E-state index contributed by atoms with van der Waals surface area (Å²) in [7, 11) is 1.45. The number of methoxy groups -OCH3 is 1. The van der Waals surface area contributed by atoms with Gasteiger partial charge in [0.05, 0.1) is 12.7 Å². The molecule has 0 unspecified atom stereocenters. The molecule has 0 spiro atoms. The summed E-state index contributed by atoms with van der Waals surface area (Å²) in [5.74, 6) is -0.525. The van der Waals surface area contributed by atoms with Crippen molar-refractivity contribution in [2.75, 3.05) is 13.7 Å². The van der Waals surface area contributed by atoms with Gasteiger partial charge >= 0.3 is 0 Å². The smallest absolute Gasteiger partial charge is 0.257 e. The molecule has 98 valence electrons. The molecule has 1 aromatic carbocycles. The first-order chi connectivity index (χ1) is 8.51. The SMILES string of the molecule is C=CCN(C(=O)c1ccc(OC)cc1F)C(C)C. The molecule has 3 nitrogen and oxygen atoms in total. The minimum atomic E-state index is -0.575. The van der Waals surface area contributed by atoms with Crippen LogP contribution in [0.4, 0.5) is 4.39 Å². The fraction of sp³-hybridized carbons (Fsp3) is 0.357. The summed E-state index contributed by atoms with van der Waals surface area (Å²) in [5.41, 5.74) is 0.0475. The summed E-state index contributed by atoms with van der Waals surface area (Å²) >= 11 is 0. The Morgan fingerprint density at radius 2 is 2.22 bits per heavy atom. The maximum atomic E-state index is 13.8. The maximum absolute atomic E-state index is 13.8. The van der Waals surface area contributed by atoms with E-state index in [1.54, 1.807) is 17.0 Å². The second-order valence-electron chi connectivity index (χ2n) is 4.19. The molecule has 1 aromatic rings. The van der Waals surface area contributed by atoms with Gasteiger partial charge in [0.25, 0.3) is 5.91 Å². The molecule has 0 fully saturated rings. The van der Waals surface area contributed by atoms with Crippen molar-refractivity contribution in [1.29, 1.82) is 0 Å². The quantitative estimate of drug-likeness (QED) is 0.753. The lowest BCUT2D eigenvalue weighted by molar-refractivity contribution is 0.0724. The van der Waals surface area contributed by atoms with Crippen molar-refractivity contribution < 1.29 is 13.9 Å². The third-order valence-corrected chi connectivity index (χ3v) is 2.62. The van der Waals surface area contributed by atoms with Gasteiger partial charge in [0.1, 0.15) is 11.6 Å². The molecule has 0 saturated heterocycles. The number of hydrogen-bond donors (Lipinski definition) is 0. The van der Waals surface area contributed by atoms with Gasteiger partial charge in [-0.2, -0.15) is 0 Å². The third kappa shape index (κ3) is 3.09.